The molecule has 2 aromatic heterocycles. The molecule has 1 amide bonds. The number of H-pyrrole nitrogens is 1. The van der Waals surface area contributed by atoms with Gasteiger partial charge in [0.1, 0.15) is 11.4 Å². The summed E-state index contributed by atoms with van der Waals surface area (Å²) in [5.74, 6) is -0.881. The molecule has 0 radical (unpaired) electrons. The average Bonchev–Trinajstić information content (AvgIpc) is 3.15. The first-order valence-electron chi connectivity index (χ1n) is 8.69. The van der Waals surface area contributed by atoms with Gasteiger partial charge >= 0.3 is 0 Å². The first kappa shape index (κ1) is 18.1. The smallest absolute Gasteiger partial charge is 0.272 e. The number of halogens is 1. The van der Waals surface area contributed by atoms with E-state index in [0.29, 0.717) is 23.4 Å². The van der Waals surface area contributed by atoms with Crippen LogP contribution in [0.2, 0.25) is 0 Å². The second-order valence-corrected chi connectivity index (χ2v) is 6.38. The zero-order valence-electron chi connectivity index (χ0n) is 15.0. The van der Waals surface area contributed by atoms with Crippen molar-refractivity contribution < 1.29 is 9.18 Å². The number of carbonyl (C=O) groups is 1. The summed E-state index contributed by atoms with van der Waals surface area (Å²) in [7, 11) is 0. The number of rotatable bonds is 4. The Bertz CT molecular complexity index is 1300. The highest BCUT2D eigenvalue weighted by molar-refractivity contribution is 6.08. The molecule has 0 aliphatic heterocycles. The lowest BCUT2D eigenvalue weighted by Crippen LogP contribution is -2.18. The van der Waals surface area contributed by atoms with Crippen LogP contribution in [0.15, 0.2) is 65.6 Å². The molecule has 8 heteroatoms. The van der Waals surface area contributed by atoms with E-state index in [-0.39, 0.29) is 16.8 Å². The van der Waals surface area contributed by atoms with Crippen molar-refractivity contribution in [2.24, 2.45) is 0 Å². The van der Waals surface area contributed by atoms with Gasteiger partial charge in [-0.1, -0.05) is 12.1 Å². The maximum atomic E-state index is 13.0. The predicted molar refractivity (Wildman–Crippen MR) is 104 cm³/mol. The lowest BCUT2D eigenvalue weighted by molar-refractivity contribution is 0.102. The summed E-state index contributed by atoms with van der Waals surface area (Å²) in [5.41, 5.74) is 2.38. The zero-order chi connectivity index (χ0) is 20.4. The van der Waals surface area contributed by atoms with Crippen LogP contribution in [0.3, 0.4) is 0 Å². The van der Waals surface area contributed by atoms with Crippen LogP contribution in [0.4, 0.5) is 10.1 Å². The SMILES string of the molecule is N#Cc1ccc(Cc2cc(=O)n3[nH]cc(C(=O)Nc4ccc(F)cc4)c3n2)cc1. The molecule has 2 aromatic carbocycles. The molecule has 7 nitrogen and oxygen atoms in total. The molecular weight excluding hydrogens is 373 g/mol. The third-order valence-corrected chi connectivity index (χ3v) is 4.37. The molecule has 4 aromatic rings. The summed E-state index contributed by atoms with van der Waals surface area (Å²) in [6.45, 7) is 0. The van der Waals surface area contributed by atoms with Crippen molar-refractivity contribution in [3.63, 3.8) is 0 Å². The molecule has 0 aliphatic carbocycles. The van der Waals surface area contributed by atoms with Crippen LogP contribution in [-0.2, 0) is 6.42 Å². The predicted octanol–water partition coefficient (Wildman–Crippen LogP) is 2.88. The number of benzene rings is 2. The van der Waals surface area contributed by atoms with Gasteiger partial charge in [0.25, 0.3) is 11.5 Å². The van der Waals surface area contributed by atoms with E-state index in [9.17, 15) is 14.0 Å². The van der Waals surface area contributed by atoms with Crippen LogP contribution in [0, 0.1) is 17.1 Å². The van der Waals surface area contributed by atoms with Gasteiger partial charge < -0.3 is 5.32 Å². The van der Waals surface area contributed by atoms with E-state index >= 15 is 0 Å². The number of carbonyl (C=O) groups excluding carboxylic acids is 1. The first-order valence-corrected chi connectivity index (χ1v) is 8.69. The number of amides is 1. The van der Waals surface area contributed by atoms with Crippen molar-refractivity contribution in [1.29, 1.82) is 5.26 Å². The number of hydrogen-bond donors (Lipinski definition) is 2. The van der Waals surface area contributed by atoms with Gasteiger partial charge in [-0.15, -0.1) is 0 Å². The van der Waals surface area contributed by atoms with Gasteiger partial charge in [-0.25, -0.2) is 13.9 Å². The van der Waals surface area contributed by atoms with Gasteiger partial charge in [0.2, 0.25) is 0 Å². The second kappa shape index (κ2) is 7.40. The number of nitrogens with zero attached hydrogens (tertiary/aromatic N) is 3. The van der Waals surface area contributed by atoms with Gasteiger partial charge in [-0.2, -0.15) is 5.26 Å². The third kappa shape index (κ3) is 3.75. The Morgan fingerprint density at radius 3 is 2.59 bits per heavy atom. The van der Waals surface area contributed by atoms with Crippen molar-refractivity contribution in [3.05, 3.63) is 99.3 Å². The number of hydrogen-bond acceptors (Lipinski definition) is 4. The minimum Gasteiger partial charge on any atom is -0.322 e. The number of anilines is 1. The molecule has 0 fully saturated rings. The first-order chi connectivity index (χ1) is 14.0. The van der Waals surface area contributed by atoms with Gasteiger partial charge in [-0.05, 0) is 42.0 Å². The molecule has 0 saturated carbocycles. The molecule has 0 saturated heterocycles. The summed E-state index contributed by atoms with van der Waals surface area (Å²) in [6.07, 6.45) is 1.77. The Hall–Kier alpha value is -4.25. The maximum absolute atomic E-state index is 13.0. The van der Waals surface area contributed by atoms with E-state index in [0.717, 1.165) is 5.56 Å². The fraction of sp³-hybridized carbons (Fsp3) is 0.0476. The molecule has 4 rings (SSSR count). The van der Waals surface area contributed by atoms with E-state index in [4.69, 9.17) is 5.26 Å². The second-order valence-electron chi connectivity index (χ2n) is 6.38. The minimum atomic E-state index is -0.474. The highest BCUT2D eigenvalue weighted by Gasteiger charge is 2.16. The molecule has 0 atom stereocenters. The lowest BCUT2D eigenvalue weighted by atomic mass is 10.1. The van der Waals surface area contributed by atoms with Crippen LogP contribution in [0.5, 0.6) is 0 Å². The normalized spacial score (nSPS) is 10.6. The molecule has 2 N–H and O–H groups in total. The van der Waals surface area contributed by atoms with Crippen LogP contribution < -0.4 is 10.9 Å². The van der Waals surface area contributed by atoms with Crippen molar-refractivity contribution in [2.75, 3.05) is 5.32 Å². The molecule has 29 heavy (non-hydrogen) atoms. The summed E-state index contributed by atoms with van der Waals surface area (Å²) in [5, 5.41) is 14.3. The standard InChI is InChI=1S/C21H14FN5O2/c22-15-5-7-16(8-6-15)26-21(29)18-12-24-27-19(28)10-17(25-20(18)27)9-13-1-3-14(11-23)4-2-13/h1-8,10,12,24H,9H2,(H,26,29). The van der Waals surface area contributed by atoms with Crippen molar-refractivity contribution in [3.8, 4) is 6.07 Å². The molecule has 0 unspecified atom stereocenters. The quantitative estimate of drug-likeness (QED) is 0.562. The summed E-state index contributed by atoms with van der Waals surface area (Å²) in [4.78, 5) is 29.5. The minimum absolute atomic E-state index is 0.188. The Kier molecular flexibility index (Phi) is 4.63. The zero-order valence-corrected chi connectivity index (χ0v) is 15.0. The van der Waals surface area contributed by atoms with Crippen LogP contribution in [0.25, 0.3) is 5.65 Å². The van der Waals surface area contributed by atoms with E-state index in [1.807, 2.05) is 0 Å². The van der Waals surface area contributed by atoms with Gasteiger partial charge in [0.05, 0.1) is 17.3 Å². The lowest BCUT2D eigenvalue weighted by Gasteiger charge is -2.05. The van der Waals surface area contributed by atoms with Crippen molar-refractivity contribution in [1.82, 2.24) is 14.6 Å². The average molecular weight is 387 g/mol. The highest BCUT2D eigenvalue weighted by Crippen LogP contribution is 2.14. The number of aromatic nitrogens is 3. The molecular formula is C21H14FN5O2. The molecule has 142 valence electrons. The van der Waals surface area contributed by atoms with Crippen molar-refractivity contribution >= 4 is 17.2 Å². The monoisotopic (exact) mass is 387 g/mol. The maximum Gasteiger partial charge on any atom is 0.272 e. The molecule has 0 spiro atoms. The largest absolute Gasteiger partial charge is 0.322 e. The molecule has 0 bridgehead atoms. The molecule has 2 heterocycles. The van der Waals surface area contributed by atoms with E-state index < -0.39 is 11.7 Å². The van der Waals surface area contributed by atoms with Crippen molar-refractivity contribution in [2.45, 2.75) is 6.42 Å². The Labute approximate surface area is 164 Å². The fourth-order valence-corrected chi connectivity index (χ4v) is 2.92. The highest BCUT2D eigenvalue weighted by atomic mass is 19.1. The Morgan fingerprint density at radius 1 is 1.17 bits per heavy atom. The Morgan fingerprint density at radius 2 is 1.90 bits per heavy atom. The van der Waals surface area contributed by atoms with Gasteiger partial charge in [0.15, 0.2) is 5.65 Å². The number of fused-ring (bicyclic) bond motifs is 1. The number of aromatic amines is 1. The third-order valence-electron chi connectivity index (χ3n) is 4.37. The summed E-state index contributed by atoms with van der Waals surface area (Å²) < 4.78 is 14.2. The molecule has 0 aliphatic rings. The van der Waals surface area contributed by atoms with Crippen LogP contribution in [0.1, 0.15) is 27.2 Å². The van der Waals surface area contributed by atoms with E-state index in [1.54, 1.807) is 24.3 Å². The van der Waals surface area contributed by atoms with Gasteiger partial charge in [0, 0.05) is 24.4 Å². The van der Waals surface area contributed by atoms with E-state index in [2.05, 4.69) is 21.5 Å². The fourth-order valence-electron chi connectivity index (χ4n) is 2.92. The van der Waals surface area contributed by atoms with Gasteiger partial charge in [-0.3, -0.25) is 14.7 Å². The van der Waals surface area contributed by atoms with Crippen LogP contribution in [-0.4, -0.2) is 20.5 Å². The topological polar surface area (TPSA) is 103 Å². The van der Waals surface area contributed by atoms with E-state index in [1.165, 1.54) is 41.0 Å². The van der Waals surface area contributed by atoms with Crippen LogP contribution >= 0.6 is 0 Å². The Balaban J connectivity index is 1.65. The number of nitrogens with one attached hydrogen (secondary N) is 2. The summed E-state index contributed by atoms with van der Waals surface area (Å²) in [6, 6.07) is 15.8. The summed E-state index contributed by atoms with van der Waals surface area (Å²) >= 11 is 0. The number of nitriles is 1.